The Hall–Kier alpha value is -0.690. The van der Waals surface area contributed by atoms with Crippen LogP contribution < -0.4 is 0 Å². The van der Waals surface area contributed by atoms with Crippen LogP contribution in [-0.4, -0.2) is 39.0 Å². The molecule has 0 saturated carbocycles. The van der Waals surface area contributed by atoms with Gasteiger partial charge in [0.15, 0.2) is 0 Å². The zero-order valence-electron chi connectivity index (χ0n) is 9.60. The Morgan fingerprint density at radius 2 is 2.00 bits per heavy atom. The summed E-state index contributed by atoms with van der Waals surface area (Å²) in [5.74, 6) is -1.02. The zero-order chi connectivity index (χ0) is 13.2. The second-order valence-electron chi connectivity index (χ2n) is 3.97. The molecule has 1 heterocycles. The van der Waals surface area contributed by atoms with Gasteiger partial charge in [-0.05, 0) is 12.1 Å². The predicted octanol–water partition coefficient (Wildman–Crippen LogP) is 1.64. The van der Waals surface area contributed by atoms with Crippen LogP contribution in [0.25, 0.3) is 0 Å². The minimum atomic E-state index is -3.55. The van der Waals surface area contributed by atoms with E-state index in [4.69, 9.17) is 16.3 Å². The first-order valence-corrected chi connectivity index (χ1v) is 7.48. The standard InChI is InChI=1S/C11H13ClFNO3S/c12-10-2-1-3-11(13)9(10)8-18(15,16)14-4-6-17-7-5-14/h1-3H,4-8H2. The van der Waals surface area contributed by atoms with E-state index in [2.05, 4.69) is 0 Å². The molecule has 0 spiro atoms. The van der Waals surface area contributed by atoms with Crippen molar-refractivity contribution in [2.24, 2.45) is 0 Å². The summed E-state index contributed by atoms with van der Waals surface area (Å²) in [5, 5.41) is 0.131. The van der Waals surface area contributed by atoms with Crippen molar-refractivity contribution >= 4 is 21.6 Å². The molecule has 1 saturated heterocycles. The Morgan fingerprint density at radius 1 is 1.33 bits per heavy atom. The molecule has 18 heavy (non-hydrogen) atoms. The number of halogens is 2. The summed E-state index contributed by atoms with van der Waals surface area (Å²) in [6, 6.07) is 4.13. The Bertz CT molecular complexity index is 509. The average molecular weight is 294 g/mol. The van der Waals surface area contributed by atoms with E-state index in [-0.39, 0.29) is 10.6 Å². The summed E-state index contributed by atoms with van der Waals surface area (Å²) in [5.41, 5.74) is 0.0191. The van der Waals surface area contributed by atoms with Crippen LogP contribution in [0.5, 0.6) is 0 Å². The van der Waals surface area contributed by atoms with E-state index < -0.39 is 21.6 Å². The van der Waals surface area contributed by atoms with Gasteiger partial charge in [-0.3, -0.25) is 0 Å². The summed E-state index contributed by atoms with van der Waals surface area (Å²) in [6.45, 7) is 1.33. The minimum Gasteiger partial charge on any atom is -0.379 e. The van der Waals surface area contributed by atoms with Crippen molar-refractivity contribution in [2.75, 3.05) is 26.3 Å². The highest BCUT2D eigenvalue weighted by atomic mass is 35.5. The van der Waals surface area contributed by atoms with E-state index in [1.54, 1.807) is 0 Å². The number of rotatable bonds is 3. The SMILES string of the molecule is O=S(=O)(Cc1c(F)cccc1Cl)N1CCOCC1. The second kappa shape index (κ2) is 5.52. The van der Waals surface area contributed by atoms with Gasteiger partial charge in [0, 0.05) is 23.7 Å². The van der Waals surface area contributed by atoms with Crippen LogP contribution in [-0.2, 0) is 20.5 Å². The van der Waals surface area contributed by atoms with Crippen molar-refractivity contribution in [1.82, 2.24) is 4.31 Å². The van der Waals surface area contributed by atoms with Gasteiger partial charge in [-0.15, -0.1) is 0 Å². The van der Waals surface area contributed by atoms with Crippen LogP contribution in [0.2, 0.25) is 5.02 Å². The van der Waals surface area contributed by atoms with Crippen LogP contribution in [0.3, 0.4) is 0 Å². The summed E-state index contributed by atoms with van der Waals surface area (Å²) in [6.07, 6.45) is 0. The topological polar surface area (TPSA) is 46.6 Å². The molecule has 100 valence electrons. The van der Waals surface area contributed by atoms with Crippen molar-refractivity contribution in [3.05, 3.63) is 34.6 Å². The lowest BCUT2D eigenvalue weighted by Crippen LogP contribution is -2.41. The number of ether oxygens (including phenoxy) is 1. The van der Waals surface area contributed by atoms with Gasteiger partial charge in [-0.1, -0.05) is 17.7 Å². The van der Waals surface area contributed by atoms with Gasteiger partial charge in [0.25, 0.3) is 0 Å². The van der Waals surface area contributed by atoms with E-state index in [1.165, 1.54) is 22.5 Å². The highest BCUT2D eigenvalue weighted by Crippen LogP contribution is 2.23. The van der Waals surface area contributed by atoms with Gasteiger partial charge in [0.1, 0.15) is 5.82 Å². The van der Waals surface area contributed by atoms with Gasteiger partial charge in [0.05, 0.1) is 19.0 Å². The third kappa shape index (κ3) is 3.00. The molecule has 1 aliphatic heterocycles. The largest absolute Gasteiger partial charge is 0.379 e. The number of hydrogen-bond acceptors (Lipinski definition) is 3. The van der Waals surface area contributed by atoms with Crippen molar-refractivity contribution in [1.29, 1.82) is 0 Å². The fraction of sp³-hybridized carbons (Fsp3) is 0.455. The maximum Gasteiger partial charge on any atom is 0.218 e. The van der Waals surface area contributed by atoms with Crippen molar-refractivity contribution < 1.29 is 17.5 Å². The van der Waals surface area contributed by atoms with E-state index in [9.17, 15) is 12.8 Å². The summed E-state index contributed by atoms with van der Waals surface area (Å²) >= 11 is 5.83. The smallest absolute Gasteiger partial charge is 0.218 e. The Morgan fingerprint density at radius 3 is 2.61 bits per heavy atom. The number of morpholine rings is 1. The number of hydrogen-bond donors (Lipinski definition) is 0. The molecule has 0 amide bonds. The normalized spacial score (nSPS) is 17.9. The predicted molar refractivity (Wildman–Crippen MR) is 66.4 cm³/mol. The Labute approximate surface area is 110 Å². The molecular formula is C11H13ClFNO3S. The molecule has 1 aromatic carbocycles. The fourth-order valence-corrected chi connectivity index (χ4v) is 3.62. The van der Waals surface area contributed by atoms with E-state index in [0.29, 0.717) is 26.3 Å². The monoisotopic (exact) mass is 293 g/mol. The molecule has 7 heteroatoms. The third-order valence-electron chi connectivity index (χ3n) is 2.75. The number of sulfonamides is 1. The molecule has 0 unspecified atom stereocenters. The second-order valence-corrected chi connectivity index (χ2v) is 6.34. The third-order valence-corrected chi connectivity index (χ3v) is 4.91. The van der Waals surface area contributed by atoms with E-state index in [1.807, 2.05) is 0 Å². The Balaban J connectivity index is 2.22. The zero-order valence-corrected chi connectivity index (χ0v) is 11.2. The van der Waals surface area contributed by atoms with Crippen LogP contribution in [0, 0.1) is 5.82 Å². The highest BCUT2D eigenvalue weighted by Gasteiger charge is 2.26. The molecule has 0 aliphatic carbocycles. The van der Waals surface area contributed by atoms with Crippen LogP contribution in [0.4, 0.5) is 4.39 Å². The first-order chi connectivity index (χ1) is 8.50. The minimum absolute atomic E-state index is 0.0191. The molecule has 0 atom stereocenters. The molecule has 1 aliphatic rings. The fourth-order valence-electron chi connectivity index (χ4n) is 1.77. The van der Waals surface area contributed by atoms with E-state index in [0.717, 1.165) is 0 Å². The Kier molecular flexibility index (Phi) is 4.21. The molecule has 0 radical (unpaired) electrons. The molecule has 2 rings (SSSR count). The van der Waals surface area contributed by atoms with Crippen LogP contribution in [0.15, 0.2) is 18.2 Å². The average Bonchev–Trinajstić information content (AvgIpc) is 2.35. The molecule has 0 aromatic heterocycles. The van der Waals surface area contributed by atoms with Gasteiger partial charge >= 0.3 is 0 Å². The van der Waals surface area contributed by atoms with Crippen molar-refractivity contribution in [2.45, 2.75) is 5.75 Å². The maximum atomic E-state index is 13.6. The lowest BCUT2D eigenvalue weighted by molar-refractivity contribution is 0.0729. The van der Waals surface area contributed by atoms with E-state index >= 15 is 0 Å². The van der Waals surface area contributed by atoms with Gasteiger partial charge in [-0.2, -0.15) is 4.31 Å². The van der Waals surface area contributed by atoms with Gasteiger partial charge in [0.2, 0.25) is 10.0 Å². The number of benzene rings is 1. The van der Waals surface area contributed by atoms with Gasteiger partial charge < -0.3 is 4.74 Å². The summed E-state index contributed by atoms with van der Waals surface area (Å²) in [4.78, 5) is 0. The van der Waals surface area contributed by atoms with Crippen molar-refractivity contribution in [3.8, 4) is 0 Å². The number of nitrogens with zero attached hydrogens (tertiary/aromatic N) is 1. The van der Waals surface area contributed by atoms with Crippen LogP contribution >= 0.6 is 11.6 Å². The van der Waals surface area contributed by atoms with Crippen molar-refractivity contribution in [3.63, 3.8) is 0 Å². The lowest BCUT2D eigenvalue weighted by Gasteiger charge is -2.26. The molecule has 4 nitrogen and oxygen atoms in total. The lowest BCUT2D eigenvalue weighted by atomic mass is 10.2. The summed E-state index contributed by atoms with van der Waals surface area (Å²) in [7, 11) is -3.55. The molecular weight excluding hydrogens is 281 g/mol. The summed E-state index contributed by atoms with van der Waals surface area (Å²) < 4.78 is 44.2. The van der Waals surface area contributed by atoms with Crippen LogP contribution in [0.1, 0.15) is 5.56 Å². The maximum absolute atomic E-state index is 13.6. The molecule has 0 N–H and O–H groups in total. The van der Waals surface area contributed by atoms with Gasteiger partial charge in [-0.25, -0.2) is 12.8 Å². The quantitative estimate of drug-likeness (QED) is 0.851. The molecule has 0 bridgehead atoms. The highest BCUT2D eigenvalue weighted by molar-refractivity contribution is 7.88. The first-order valence-electron chi connectivity index (χ1n) is 5.49. The first kappa shape index (κ1) is 13.7. The molecule has 1 fully saturated rings. The molecule has 1 aromatic rings.